The van der Waals surface area contributed by atoms with Gasteiger partial charge in [0.15, 0.2) is 28.7 Å². The van der Waals surface area contributed by atoms with Crippen molar-refractivity contribution in [2.24, 2.45) is 0 Å². The van der Waals surface area contributed by atoms with Gasteiger partial charge in [-0.3, -0.25) is 4.79 Å². The molecule has 0 fully saturated rings. The van der Waals surface area contributed by atoms with E-state index in [0.717, 1.165) is 5.56 Å². The highest BCUT2D eigenvalue weighted by Gasteiger charge is 2.14. The first-order valence-corrected chi connectivity index (χ1v) is 9.38. The number of fused-ring (bicyclic) bond motifs is 1. The van der Waals surface area contributed by atoms with Crippen LogP contribution in [0.5, 0.6) is 17.4 Å². The predicted octanol–water partition coefficient (Wildman–Crippen LogP) is 1.91. The Hall–Kier alpha value is -4.15. The molecule has 0 atom stereocenters. The van der Waals surface area contributed by atoms with Crippen molar-refractivity contribution in [3.8, 4) is 28.8 Å². The van der Waals surface area contributed by atoms with Gasteiger partial charge in [-0.1, -0.05) is 5.16 Å². The Morgan fingerprint density at radius 3 is 2.68 bits per heavy atom. The van der Waals surface area contributed by atoms with Gasteiger partial charge in [-0.25, -0.2) is 0 Å². The highest BCUT2D eigenvalue weighted by atomic mass is 16.5. The lowest BCUT2D eigenvalue weighted by Crippen LogP contribution is -2.28. The molecule has 0 bridgehead atoms. The number of hydrogen-bond acceptors (Lipinski definition) is 9. The van der Waals surface area contributed by atoms with Crippen LogP contribution in [0.4, 0.5) is 0 Å². The van der Waals surface area contributed by atoms with Gasteiger partial charge in [-0.15, -0.1) is 15.3 Å². The molecule has 160 valence electrons. The van der Waals surface area contributed by atoms with Gasteiger partial charge in [0, 0.05) is 17.7 Å². The largest absolute Gasteiger partial charge is 0.493 e. The average molecular weight is 424 g/mol. The smallest absolute Gasteiger partial charge is 0.273 e. The molecule has 3 aromatic heterocycles. The van der Waals surface area contributed by atoms with E-state index in [1.165, 1.54) is 0 Å². The van der Waals surface area contributed by atoms with Gasteiger partial charge in [0.1, 0.15) is 12.4 Å². The number of aromatic nitrogens is 5. The second kappa shape index (κ2) is 8.69. The minimum atomic E-state index is -0.335. The van der Waals surface area contributed by atoms with Crippen molar-refractivity contribution in [3.63, 3.8) is 0 Å². The Morgan fingerprint density at radius 2 is 1.94 bits per heavy atom. The zero-order chi connectivity index (χ0) is 21.8. The molecule has 31 heavy (non-hydrogen) atoms. The van der Waals surface area contributed by atoms with E-state index in [1.54, 1.807) is 56.0 Å². The Morgan fingerprint density at radius 1 is 1.10 bits per heavy atom. The number of amides is 1. The topological polar surface area (TPSA) is 126 Å². The van der Waals surface area contributed by atoms with Crippen LogP contribution in [-0.4, -0.2) is 58.2 Å². The second-order valence-corrected chi connectivity index (χ2v) is 6.46. The average Bonchev–Trinajstić information content (AvgIpc) is 3.42. The number of rotatable bonds is 8. The molecule has 4 aromatic rings. The van der Waals surface area contributed by atoms with Crippen LogP contribution in [0.25, 0.3) is 17.0 Å². The summed E-state index contributed by atoms with van der Waals surface area (Å²) in [5, 5.41) is 19.2. The van der Waals surface area contributed by atoms with Crippen molar-refractivity contribution >= 4 is 11.6 Å². The van der Waals surface area contributed by atoms with Crippen LogP contribution < -0.4 is 19.5 Å². The third kappa shape index (κ3) is 4.25. The van der Waals surface area contributed by atoms with E-state index >= 15 is 0 Å². The van der Waals surface area contributed by atoms with E-state index in [1.807, 2.05) is 6.07 Å². The summed E-state index contributed by atoms with van der Waals surface area (Å²) in [6.45, 7) is 2.21. The van der Waals surface area contributed by atoms with Crippen LogP contribution in [0.1, 0.15) is 16.2 Å². The van der Waals surface area contributed by atoms with E-state index in [-0.39, 0.29) is 24.8 Å². The number of carbonyl (C=O) groups is 1. The van der Waals surface area contributed by atoms with Crippen LogP contribution >= 0.6 is 0 Å². The van der Waals surface area contributed by atoms with Gasteiger partial charge in [0.25, 0.3) is 5.91 Å². The van der Waals surface area contributed by atoms with Gasteiger partial charge in [-0.05, 0) is 31.2 Å². The predicted molar refractivity (Wildman–Crippen MR) is 108 cm³/mol. The van der Waals surface area contributed by atoms with Gasteiger partial charge in [0.2, 0.25) is 5.88 Å². The van der Waals surface area contributed by atoms with Crippen LogP contribution in [0.3, 0.4) is 0 Å². The Kier molecular flexibility index (Phi) is 5.65. The fourth-order valence-corrected chi connectivity index (χ4v) is 2.89. The summed E-state index contributed by atoms with van der Waals surface area (Å²) in [5.74, 6) is 2.30. The first kappa shape index (κ1) is 20.1. The lowest BCUT2D eigenvalue weighted by molar-refractivity contribution is 0.0937. The zero-order valence-electron chi connectivity index (χ0n) is 17.2. The maximum atomic E-state index is 12.0. The molecule has 0 aliphatic heterocycles. The molecule has 0 aliphatic carbocycles. The monoisotopic (exact) mass is 424 g/mol. The Bertz CT molecular complexity index is 1220. The molecule has 1 amide bonds. The van der Waals surface area contributed by atoms with Gasteiger partial charge >= 0.3 is 0 Å². The van der Waals surface area contributed by atoms with Crippen molar-refractivity contribution in [1.29, 1.82) is 0 Å². The summed E-state index contributed by atoms with van der Waals surface area (Å²) < 4.78 is 22.8. The number of ether oxygens (including phenoxy) is 3. The van der Waals surface area contributed by atoms with E-state index in [0.29, 0.717) is 34.6 Å². The van der Waals surface area contributed by atoms with Crippen LogP contribution in [0.2, 0.25) is 0 Å². The SMILES string of the molecule is COc1ccc(-c2nnc3ccc(OCCNC(=O)c4cc(C)on4)nn23)cc1OC. The Balaban J connectivity index is 1.45. The zero-order valence-corrected chi connectivity index (χ0v) is 17.2. The molecule has 3 heterocycles. The van der Waals surface area contributed by atoms with E-state index in [4.69, 9.17) is 18.7 Å². The molecule has 0 aliphatic rings. The van der Waals surface area contributed by atoms with E-state index in [9.17, 15) is 4.79 Å². The lowest BCUT2D eigenvalue weighted by Gasteiger charge is -2.09. The van der Waals surface area contributed by atoms with E-state index < -0.39 is 0 Å². The van der Waals surface area contributed by atoms with Crippen LogP contribution in [0.15, 0.2) is 40.9 Å². The quantitative estimate of drug-likeness (QED) is 0.422. The molecular formula is C20H20N6O5. The van der Waals surface area contributed by atoms with Crippen molar-refractivity contribution in [3.05, 3.63) is 47.9 Å². The summed E-state index contributed by atoms with van der Waals surface area (Å²) in [6, 6.07) is 10.4. The normalized spacial score (nSPS) is 10.8. The molecule has 0 unspecified atom stereocenters. The van der Waals surface area contributed by atoms with Crippen molar-refractivity contribution in [2.75, 3.05) is 27.4 Å². The molecule has 11 nitrogen and oxygen atoms in total. The highest BCUT2D eigenvalue weighted by molar-refractivity contribution is 5.92. The summed E-state index contributed by atoms with van der Waals surface area (Å²) >= 11 is 0. The summed E-state index contributed by atoms with van der Waals surface area (Å²) in [4.78, 5) is 12.0. The van der Waals surface area contributed by atoms with Crippen molar-refractivity contribution in [1.82, 2.24) is 30.3 Å². The van der Waals surface area contributed by atoms with Gasteiger partial charge in [0.05, 0.1) is 20.8 Å². The Labute approximate surface area is 176 Å². The van der Waals surface area contributed by atoms with Crippen molar-refractivity contribution < 1.29 is 23.5 Å². The third-order valence-corrected chi connectivity index (χ3v) is 4.38. The maximum Gasteiger partial charge on any atom is 0.273 e. The summed E-state index contributed by atoms with van der Waals surface area (Å²) in [5.41, 5.74) is 1.54. The minimum Gasteiger partial charge on any atom is -0.493 e. The number of nitrogens with zero attached hydrogens (tertiary/aromatic N) is 5. The fourth-order valence-electron chi connectivity index (χ4n) is 2.89. The summed E-state index contributed by atoms with van der Waals surface area (Å²) in [6.07, 6.45) is 0. The van der Waals surface area contributed by atoms with Crippen LogP contribution in [0, 0.1) is 6.92 Å². The van der Waals surface area contributed by atoms with Gasteiger partial charge < -0.3 is 24.1 Å². The van der Waals surface area contributed by atoms with Gasteiger partial charge in [-0.2, -0.15) is 4.52 Å². The molecule has 1 aromatic carbocycles. The van der Waals surface area contributed by atoms with Crippen LogP contribution in [-0.2, 0) is 0 Å². The molecule has 0 saturated carbocycles. The first-order valence-electron chi connectivity index (χ1n) is 9.38. The highest BCUT2D eigenvalue weighted by Crippen LogP contribution is 2.31. The molecule has 1 N–H and O–H groups in total. The second-order valence-electron chi connectivity index (χ2n) is 6.46. The minimum absolute atomic E-state index is 0.217. The number of methoxy groups -OCH3 is 2. The maximum absolute atomic E-state index is 12.0. The fraction of sp³-hybridized carbons (Fsp3) is 0.250. The lowest BCUT2D eigenvalue weighted by atomic mass is 10.2. The first-order chi connectivity index (χ1) is 15.1. The molecule has 11 heteroatoms. The molecule has 4 rings (SSSR count). The van der Waals surface area contributed by atoms with Crippen molar-refractivity contribution in [2.45, 2.75) is 6.92 Å². The molecule has 0 spiro atoms. The number of aryl methyl sites for hydroxylation is 1. The number of hydrogen-bond donors (Lipinski definition) is 1. The number of benzene rings is 1. The molecule has 0 saturated heterocycles. The molecule has 0 radical (unpaired) electrons. The third-order valence-electron chi connectivity index (χ3n) is 4.38. The summed E-state index contributed by atoms with van der Waals surface area (Å²) in [7, 11) is 3.14. The number of nitrogens with one attached hydrogen (secondary N) is 1. The standard InChI is InChI=1S/C20H20N6O5/c1-12-10-14(25-31-12)20(27)21-8-9-30-18-7-6-17-22-23-19(26(17)24-18)13-4-5-15(28-2)16(11-13)29-3/h4-7,10-11H,8-9H2,1-3H3,(H,21,27). The molecular weight excluding hydrogens is 404 g/mol. The van der Waals surface area contributed by atoms with E-state index in [2.05, 4.69) is 25.8 Å². The number of carbonyl (C=O) groups excluding carboxylic acids is 1.